The van der Waals surface area contributed by atoms with Gasteiger partial charge in [0.25, 0.3) is 0 Å². The first-order valence-corrected chi connectivity index (χ1v) is 9.18. The number of likely N-dealkylation sites (tertiary alicyclic amines) is 2. The molecule has 0 aliphatic carbocycles. The van der Waals surface area contributed by atoms with E-state index in [-0.39, 0.29) is 0 Å². The highest BCUT2D eigenvalue weighted by molar-refractivity contribution is 9.10. The monoisotopic (exact) mass is 342 g/mol. The lowest BCUT2D eigenvalue weighted by molar-refractivity contribution is 0.0900. The molecular formula is C15H23BrN2S. The first-order chi connectivity index (χ1) is 9.33. The van der Waals surface area contributed by atoms with Crippen LogP contribution in [-0.2, 0) is 6.54 Å². The molecule has 2 saturated heterocycles. The Morgan fingerprint density at radius 3 is 2.47 bits per heavy atom. The number of rotatable bonds is 3. The molecule has 0 amide bonds. The van der Waals surface area contributed by atoms with Crippen molar-refractivity contribution in [3.63, 3.8) is 0 Å². The third-order valence-electron chi connectivity index (χ3n) is 4.52. The fraction of sp³-hybridized carbons (Fsp3) is 0.733. The summed E-state index contributed by atoms with van der Waals surface area (Å²) in [6.07, 6.45) is 7.01. The molecule has 106 valence electrons. The molecule has 0 atom stereocenters. The minimum absolute atomic E-state index is 0.864. The maximum absolute atomic E-state index is 3.64. The van der Waals surface area contributed by atoms with Crippen LogP contribution in [-0.4, -0.2) is 42.0 Å². The Morgan fingerprint density at radius 2 is 1.84 bits per heavy atom. The molecule has 19 heavy (non-hydrogen) atoms. The lowest BCUT2D eigenvalue weighted by atomic mass is 10.00. The van der Waals surface area contributed by atoms with E-state index in [9.17, 15) is 0 Å². The highest BCUT2D eigenvalue weighted by atomic mass is 79.9. The van der Waals surface area contributed by atoms with Gasteiger partial charge in [-0.2, -0.15) is 0 Å². The zero-order valence-electron chi connectivity index (χ0n) is 11.5. The van der Waals surface area contributed by atoms with Crippen molar-refractivity contribution in [1.29, 1.82) is 0 Å². The molecule has 3 rings (SSSR count). The molecule has 0 spiro atoms. The van der Waals surface area contributed by atoms with Gasteiger partial charge in [-0.3, -0.25) is 4.90 Å². The molecule has 0 bridgehead atoms. The molecule has 1 aromatic heterocycles. The van der Waals surface area contributed by atoms with E-state index in [1.165, 1.54) is 67.6 Å². The summed E-state index contributed by atoms with van der Waals surface area (Å²) >= 11 is 5.52. The molecule has 2 aliphatic heterocycles. The summed E-state index contributed by atoms with van der Waals surface area (Å²) < 4.78 is 1.29. The quantitative estimate of drug-likeness (QED) is 0.820. The van der Waals surface area contributed by atoms with E-state index in [0.29, 0.717) is 0 Å². The van der Waals surface area contributed by atoms with Crippen molar-refractivity contribution in [1.82, 2.24) is 9.80 Å². The van der Waals surface area contributed by atoms with Gasteiger partial charge in [0.2, 0.25) is 0 Å². The standard InChI is InChI=1S/C15H23BrN2S/c16-14-6-11-19-15(14)12-17-9-4-13(5-10-17)18-7-2-1-3-8-18/h6,11,13H,1-5,7-10,12H2. The summed E-state index contributed by atoms with van der Waals surface area (Å²) in [5, 5.41) is 2.18. The van der Waals surface area contributed by atoms with Gasteiger partial charge in [0.1, 0.15) is 0 Å². The van der Waals surface area contributed by atoms with Crippen LogP contribution in [0.1, 0.15) is 37.0 Å². The highest BCUT2D eigenvalue weighted by Crippen LogP contribution is 2.27. The van der Waals surface area contributed by atoms with Gasteiger partial charge in [0.05, 0.1) is 0 Å². The molecule has 1 aromatic rings. The van der Waals surface area contributed by atoms with Crippen molar-refractivity contribution in [2.45, 2.75) is 44.7 Å². The van der Waals surface area contributed by atoms with Crippen molar-refractivity contribution < 1.29 is 0 Å². The van der Waals surface area contributed by atoms with Crippen LogP contribution < -0.4 is 0 Å². The lowest BCUT2D eigenvalue weighted by Gasteiger charge is -2.40. The maximum Gasteiger partial charge on any atom is 0.0339 e. The SMILES string of the molecule is Brc1ccsc1CN1CCC(N2CCCCC2)CC1. The predicted octanol–water partition coefficient (Wildman–Crippen LogP) is 3.96. The molecule has 2 nitrogen and oxygen atoms in total. The number of piperidine rings is 2. The van der Waals surface area contributed by atoms with Crippen molar-refractivity contribution in [2.75, 3.05) is 26.2 Å². The summed E-state index contributed by atoms with van der Waals surface area (Å²) in [5.41, 5.74) is 0. The Balaban J connectivity index is 1.48. The molecule has 0 saturated carbocycles. The third kappa shape index (κ3) is 3.60. The largest absolute Gasteiger partial charge is 0.300 e. The van der Waals surface area contributed by atoms with Gasteiger partial charge in [-0.1, -0.05) is 6.42 Å². The van der Waals surface area contributed by atoms with Gasteiger partial charge in [-0.15, -0.1) is 11.3 Å². The second-order valence-electron chi connectivity index (χ2n) is 5.80. The molecule has 3 heterocycles. The molecule has 4 heteroatoms. The van der Waals surface area contributed by atoms with Gasteiger partial charge >= 0.3 is 0 Å². The molecule has 0 radical (unpaired) electrons. The normalized spacial score (nSPS) is 23.8. The number of hydrogen-bond acceptors (Lipinski definition) is 3. The van der Waals surface area contributed by atoms with Gasteiger partial charge in [-0.05, 0) is 66.1 Å². The Morgan fingerprint density at radius 1 is 1.11 bits per heavy atom. The van der Waals surface area contributed by atoms with Gasteiger partial charge < -0.3 is 4.90 Å². The van der Waals surface area contributed by atoms with Crippen LogP contribution in [0.3, 0.4) is 0 Å². The summed E-state index contributed by atoms with van der Waals surface area (Å²) in [6, 6.07) is 3.03. The van der Waals surface area contributed by atoms with E-state index < -0.39 is 0 Å². The van der Waals surface area contributed by atoms with Crippen molar-refractivity contribution in [3.05, 3.63) is 20.8 Å². The molecule has 0 aromatic carbocycles. The minimum Gasteiger partial charge on any atom is -0.300 e. The second kappa shape index (κ2) is 6.70. The number of nitrogens with zero attached hydrogens (tertiary/aromatic N) is 2. The summed E-state index contributed by atoms with van der Waals surface area (Å²) in [5.74, 6) is 0. The fourth-order valence-electron chi connectivity index (χ4n) is 3.37. The highest BCUT2D eigenvalue weighted by Gasteiger charge is 2.25. The third-order valence-corrected chi connectivity index (χ3v) is 6.43. The van der Waals surface area contributed by atoms with E-state index in [2.05, 4.69) is 37.2 Å². The van der Waals surface area contributed by atoms with E-state index in [4.69, 9.17) is 0 Å². The number of thiophene rings is 1. The summed E-state index contributed by atoms with van der Waals surface area (Å²) in [4.78, 5) is 6.86. The van der Waals surface area contributed by atoms with Crippen LogP contribution in [0.4, 0.5) is 0 Å². The fourth-order valence-corrected chi connectivity index (χ4v) is 4.89. The molecule has 0 unspecified atom stereocenters. The van der Waals surface area contributed by atoms with E-state index in [1.807, 2.05) is 11.3 Å². The van der Waals surface area contributed by atoms with E-state index >= 15 is 0 Å². The van der Waals surface area contributed by atoms with Crippen molar-refractivity contribution in [2.24, 2.45) is 0 Å². The number of halogens is 1. The Hall–Kier alpha value is 0.1000. The van der Waals surface area contributed by atoms with Crippen LogP contribution >= 0.6 is 27.3 Å². The first kappa shape index (κ1) is 14.1. The van der Waals surface area contributed by atoms with Crippen molar-refractivity contribution in [3.8, 4) is 0 Å². The van der Waals surface area contributed by atoms with E-state index in [0.717, 1.165) is 12.6 Å². The smallest absolute Gasteiger partial charge is 0.0339 e. The lowest BCUT2D eigenvalue weighted by Crippen LogP contribution is -2.46. The number of hydrogen-bond donors (Lipinski definition) is 0. The van der Waals surface area contributed by atoms with E-state index in [1.54, 1.807) is 0 Å². The van der Waals surface area contributed by atoms with Crippen molar-refractivity contribution >= 4 is 27.3 Å². The zero-order chi connectivity index (χ0) is 13.1. The summed E-state index contributed by atoms with van der Waals surface area (Å²) in [7, 11) is 0. The molecule has 2 fully saturated rings. The Kier molecular flexibility index (Phi) is 4.96. The Labute approximate surface area is 128 Å². The molecular weight excluding hydrogens is 320 g/mol. The molecule has 0 N–H and O–H groups in total. The van der Waals surface area contributed by atoms with Crippen LogP contribution in [0.25, 0.3) is 0 Å². The topological polar surface area (TPSA) is 6.48 Å². The maximum atomic E-state index is 3.64. The van der Waals surface area contributed by atoms with Crippen LogP contribution in [0.5, 0.6) is 0 Å². The van der Waals surface area contributed by atoms with Crippen LogP contribution in [0.15, 0.2) is 15.9 Å². The average Bonchev–Trinajstić information content (AvgIpc) is 2.86. The van der Waals surface area contributed by atoms with Crippen LogP contribution in [0.2, 0.25) is 0 Å². The summed E-state index contributed by atoms with van der Waals surface area (Å²) in [6.45, 7) is 6.37. The van der Waals surface area contributed by atoms with Crippen LogP contribution in [0, 0.1) is 0 Å². The molecule has 2 aliphatic rings. The van der Waals surface area contributed by atoms with Gasteiger partial charge in [-0.25, -0.2) is 0 Å². The average molecular weight is 343 g/mol. The zero-order valence-corrected chi connectivity index (χ0v) is 13.9. The predicted molar refractivity (Wildman–Crippen MR) is 85.7 cm³/mol. The Bertz CT molecular complexity index is 393. The second-order valence-corrected chi connectivity index (χ2v) is 7.65. The minimum atomic E-state index is 0.864. The first-order valence-electron chi connectivity index (χ1n) is 7.51. The van der Waals surface area contributed by atoms with Gasteiger partial charge in [0.15, 0.2) is 0 Å². The van der Waals surface area contributed by atoms with Gasteiger partial charge in [0, 0.05) is 35.0 Å².